The molecule has 0 spiro atoms. The van der Waals surface area contributed by atoms with Gasteiger partial charge in [0.2, 0.25) is 0 Å². The van der Waals surface area contributed by atoms with Crippen molar-refractivity contribution < 1.29 is 4.74 Å². The van der Waals surface area contributed by atoms with Crippen molar-refractivity contribution in [2.45, 2.75) is 44.4 Å². The topological polar surface area (TPSA) is 35.0 Å². The van der Waals surface area contributed by atoms with Crippen LogP contribution in [0.4, 0.5) is 0 Å². The van der Waals surface area contributed by atoms with E-state index in [1.807, 2.05) is 0 Å². The molecule has 1 aromatic heterocycles. The molecule has 5 heteroatoms. The summed E-state index contributed by atoms with van der Waals surface area (Å²) in [6, 6.07) is 0. The molecular formula is C14H18ClIN2O. The van der Waals surface area contributed by atoms with Crippen molar-refractivity contribution in [3.8, 4) is 0 Å². The van der Waals surface area contributed by atoms with E-state index in [4.69, 9.17) is 21.3 Å². The van der Waals surface area contributed by atoms with Crippen LogP contribution in [0.2, 0.25) is 5.15 Å². The molecule has 3 nitrogen and oxygen atoms in total. The van der Waals surface area contributed by atoms with E-state index >= 15 is 0 Å². The van der Waals surface area contributed by atoms with Crippen molar-refractivity contribution in [3.05, 3.63) is 20.2 Å². The van der Waals surface area contributed by atoms with Crippen molar-refractivity contribution >= 4 is 34.2 Å². The fourth-order valence-corrected chi connectivity index (χ4v) is 3.92. The summed E-state index contributed by atoms with van der Waals surface area (Å²) in [7, 11) is 0. The van der Waals surface area contributed by atoms with Gasteiger partial charge in [-0.3, -0.25) is 0 Å². The molecule has 0 N–H and O–H groups in total. The van der Waals surface area contributed by atoms with Gasteiger partial charge in [0, 0.05) is 25.6 Å². The van der Waals surface area contributed by atoms with Gasteiger partial charge in [-0.05, 0) is 47.8 Å². The number of rotatable bonds is 3. The molecule has 1 unspecified atom stereocenters. The van der Waals surface area contributed by atoms with Gasteiger partial charge < -0.3 is 4.74 Å². The van der Waals surface area contributed by atoms with Crippen LogP contribution < -0.4 is 0 Å². The first-order chi connectivity index (χ1) is 9.24. The molecule has 0 bridgehead atoms. The summed E-state index contributed by atoms with van der Waals surface area (Å²) in [6.07, 6.45) is 7.13. The molecule has 2 aliphatic rings. The van der Waals surface area contributed by atoms with E-state index < -0.39 is 0 Å². The standard InChI is InChI=1S/C14H18ClIN2O/c15-14-12(16)13(10-3-1-2-4-10)17-11(18-14)7-9-5-6-19-8-9/h9-10H,1-8H2. The van der Waals surface area contributed by atoms with E-state index in [-0.39, 0.29) is 0 Å². The predicted octanol–water partition coefficient (Wildman–Crippen LogP) is 3.97. The number of halogens is 2. The largest absolute Gasteiger partial charge is 0.381 e. The summed E-state index contributed by atoms with van der Waals surface area (Å²) in [5, 5.41) is 0.631. The fraction of sp³-hybridized carbons (Fsp3) is 0.714. The van der Waals surface area contributed by atoms with Crippen LogP contribution in [0, 0.1) is 9.49 Å². The zero-order chi connectivity index (χ0) is 13.2. The highest BCUT2D eigenvalue weighted by molar-refractivity contribution is 14.1. The first-order valence-corrected chi connectivity index (χ1v) is 8.49. The summed E-state index contributed by atoms with van der Waals surface area (Å²) in [5.74, 6) is 2.06. The molecule has 1 saturated carbocycles. The van der Waals surface area contributed by atoms with Gasteiger partial charge >= 0.3 is 0 Å². The molecule has 1 aliphatic carbocycles. The second-order valence-electron chi connectivity index (χ2n) is 5.54. The number of nitrogens with zero attached hydrogens (tertiary/aromatic N) is 2. The Balaban J connectivity index is 1.83. The molecule has 0 radical (unpaired) electrons. The van der Waals surface area contributed by atoms with Gasteiger partial charge in [-0.15, -0.1) is 0 Å². The van der Waals surface area contributed by atoms with Crippen LogP contribution in [0.5, 0.6) is 0 Å². The van der Waals surface area contributed by atoms with E-state index in [2.05, 4.69) is 27.6 Å². The van der Waals surface area contributed by atoms with Gasteiger partial charge in [0.25, 0.3) is 0 Å². The quantitative estimate of drug-likeness (QED) is 0.577. The number of aromatic nitrogens is 2. The average Bonchev–Trinajstić information content (AvgIpc) is 3.06. The molecule has 2 fully saturated rings. The lowest BCUT2D eigenvalue weighted by Gasteiger charge is -2.14. The smallest absolute Gasteiger partial charge is 0.146 e. The maximum atomic E-state index is 6.29. The minimum Gasteiger partial charge on any atom is -0.381 e. The molecule has 19 heavy (non-hydrogen) atoms. The Hall–Kier alpha value is 0.0600. The lowest BCUT2D eigenvalue weighted by atomic mass is 10.0. The highest BCUT2D eigenvalue weighted by atomic mass is 127. The van der Waals surface area contributed by atoms with E-state index in [1.165, 1.54) is 31.4 Å². The number of ether oxygens (including phenoxy) is 1. The van der Waals surface area contributed by atoms with Crippen molar-refractivity contribution in [2.75, 3.05) is 13.2 Å². The van der Waals surface area contributed by atoms with Gasteiger partial charge in [0.1, 0.15) is 11.0 Å². The third kappa shape index (κ3) is 3.22. The first-order valence-electron chi connectivity index (χ1n) is 7.03. The van der Waals surface area contributed by atoms with Crippen molar-refractivity contribution in [1.29, 1.82) is 0 Å². The first kappa shape index (κ1) is 14.0. The minimum absolute atomic E-state index is 0.563. The Kier molecular flexibility index (Phi) is 4.59. The monoisotopic (exact) mass is 392 g/mol. The summed E-state index contributed by atoms with van der Waals surface area (Å²) in [5.41, 5.74) is 1.19. The lowest BCUT2D eigenvalue weighted by molar-refractivity contribution is 0.185. The molecule has 104 valence electrons. The maximum Gasteiger partial charge on any atom is 0.146 e. The summed E-state index contributed by atoms with van der Waals surface area (Å²) >= 11 is 8.59. The average molecular weight is 393 g/mol. The normalized spacial score (nSPS) is 24.2. The van der Waals surface area contributed by atoms with Crippen molar-refractivity contribution in [1.82, 2.24) is 9.97 Å². The molecule has 0 amide bonds. The molecule has 2 heterocycles. The molecule has 3 rings (SSSR count). The third-order valence-corrected chi connectivity index (χ3v) is 5.78. The van der Waals surface area contributed by atoms with Crippen LogP contribution in [0.15, 0.2) is 0 Å². The van der Waals surface area contributed by atoms with Crippen LogP contribution >= 0.6 is 34.2 Å². The fourth-order valence-electron chi connectivity index (χ4n) is 3.04. The van der Waals surface area contributed by atoms with Crippen LogP contribution in [0.25, 0.3) is 0 Å². The van der Waals surface area contributed by atoms with Gasteiger partial charge in [-0.2, -0.15) is 0 Å². The summed E-state index contributed by atoms with van der Waals surface area (Å²) in [6.45, 7) is 1.71. The second kappa shape index (κ2) is 6.22. The zero-order valence-corrected chi connectivity index (χ0v) is 13.8. The Morgan fingerprint density at radius 3 is 2.68 bits per heavy atom. The molecule has 1 aromatic rings. The second-order valence-corrected chi connectivity index (χ2v) is 6.98. The molecule has 0 aromatic carbocycles. The molecule has 1 atom stereocenters. The third-order valence-electron chi connectivity index (χ3n) is 4.12. The van der Waals surface area contributed by atoms with Crippen LogP contribution in [0.3, 0.4) is 0 Å². The zero-order valence-electron chi connectivity index (χ0n) is 10.9. The van der Waals surface area contributed by atoms with Crippen molar-refractivity contribution in [3.63, 3.8) is 0 Å². The molecule has 1 aliphatic heterocycles. The highest BCUT2D eigenvalue weighted by Gasteiger charge is 2.25. The van der Waals surface area contributed by atoms with E-state index in [9.17, 15) is 0 Å². The van der Waals surface area contributed by atoms with Gasteiger partial charge in [-0.1, -0.05) is 24.4 Å². The Bertz CT molecular complexity index is 457. The number of hydrogen-bond donors (Lipinski definition) is 0. The Morgan fingerprint density at radius 2 is 2.00 bits per heavy atom. The summed E-state index contributed by atoms with van der Waals surface area (Å²) in [4.78, 5) is 9.28. The van der Waals surface area contributed by atoms with Gasteiger partial charge in [-0.25, -0.2) is 9.97 Å². The number of hydrogen-bond acceptors (Lipinski definition) is 3. The highest BCUT2D eigenvalue weighted by Crippen LogP contribution is 2.37. The minimum atomic E-state index is 0.563. The Labute approximate surface area is 132 Å². The van der Waals surface area contributed by atoms with Crippen LogP contribution in [0.1, 0.15) is 49.5 Å². The van der Waals surface area contributed by atoms with Crippen LogP contribution in [-0.4, -0.2) is 23.2 Å². The Morgan fingerprint density at radius 1 is 1.21 bits per heavy atom. The van der Waals surface area contributed by atoms with Crippen LogP contribution in [-0.2, 0) is 11.2 Å². The van der Waals surface area contributed by atoms with Crippen molar-refractivity contribution in [2.24, 2.45) is 5.92 Å². The predicted molar refractivity (Wildman–Crippen MR) is 83.6 cm³/mol. The van der Waals surface area contributed by atoms with E-state index in [0.717, 1.165) is 35.4 Å². The summed E-state index contributed by atoms with van der Waals surface area (Å²) < 4.78 is 6.48. The van der Waals surface area contributed by atoms with Gasteiger partial charge in [0.15, 0.2) is 0 Å². The maximum absolute atomic E-state index is 6.29. The molecule has 1 saturated heterocycles. The van der Waals surface area contributed by atoms with E-state index in [0.29, 0.717) is 17.0 Å². The SMILES string of the molecule is Clc1nc(CC2CCOC2)nc(C2CCCC2)c1I. The van der Waals surface area contributed by atoms with Gasteiger partial charge in [0.05, 0.1) is 9.26 Å². The van der Waals surface area contributed by atoms with E-state index in [1.54, 1.807) is 0 Å². The molecular weight excluding hydrogens is 375 g/mol. The lowest BCUT2D eigenvalue weighted by Crippen LogP contribution is -2.11.